The molecule has 0 bridgehead atoms. The normalized spacial score (nSPS) is 12.3. The summed E-state index contributed by atoms with van der Waals surface area (Å²) in [6.07, 6.45) is 1.75. The summed E-state index contributed by atoms with van der Waals surface area (Å²) in [5, 5.41) is 0. The first-order valence-electron chi connectivity index (χ1n) is 6.18. The van der Waals surface area contributed by atoms with E-state index in [0.717, 1.165) is 17.9 Å². The number of hydrogen-bond acceptors (Lipinski definition) is 7. The highest BCUT2D eigenvalue weighted by Crippen LogP contribution is 2.20. The van der Waals surface area contributed by atoms with E-state index in [0.29, 0.717) is 19.2 Å². The molecule has 19 heavy (non-hydrogen) atoms. The van der Waals surface area contributed by atoms with Crippen LogP contribution in [0.25, 0.3) is 0 Å². The van der Waals surface area contributed by atoms with Crippen LogP contribution in [-0.4, -0.2) is 50.0 Å². The van der Waals surface area contributed by atoms with Crippen LogP contribution in [0.3, 0.4) is 0 Å². The Morgan fingerprint density at radius 2 is 2.16 bits per heavy atom. The molecule has 7 heteroatoms. The smallest absolute Gasteiger partial charge is 0.239 e. The molecule has 0 fully saturated rings. The van der Waals surface area contributed by atoms with Crippen molar-refractivity contribution in [2.24, 2.45) is 5.84 Å². The number of ether oxygens (including phenoxy) is 2. The number of nitrogens with zero attached hydrogens (tertiary/aromatic N) is 3. The minimum absolute atomic E-state index is 0.180. The van der Waals surface area contributed by atoms with Crippen molar-refractivity contribution < 1.29 is 9.47 Å². The van der Waals surface area contributed by atoms with Gasteiger partial charge in [-0.15, -0.1) is 0 Å². The monoisotopic (exact) mass is 269 g/mol. The second-order valence-electron chi connectivity index (χ2n) is 4.34. The highest BCUT2D eigenvalue weighted by Gasteiger charge is 2.18. The molecule has 0 aliphatic carbocycles. The predicted molar refractivity (Wildman–Crippen MR) is 75.1 cm³/mol. The first kappa shape index (κ1) is 15.6. The average Bonchev–Trinajstić information content (AvgIpc) is 2.41. The van der Waals surface area contributed by atoms with Gasteiger partial charge in [-0.25, -0.2) is 10.8 Å². The summed E-state index contributed by atoms with van der Waals surface area (Å²) in [5.41, 5.74) is 3.45. The van der Waals surface area contributed by atoms with E-state index >= 15 is 0 Å². The Balaban J connectivity index is 3.00. The van der Waals surface area contributed by atoms with Gasteiger partial charge in [-0.2, -0.15) is 4.98 Å². The number of nitrogens with two attached hydrogens (primary N) is 1. The summed E-state index contributed by atoms with van der Waals surface area (Å²) in [4.78, 5) is 10.6. The molecule has 0 aromatic carbocycles. The van der Waals surface area contributed by atoms with Crippen molar-refractivity contribution >= 4 is 11.8 Å². The van der Waals surface area contributed by atoms with Crippen LogP contribution in [0.1, 0.15) is 12.5 Å². The molecule has 0 aliphatic heterocycles. The molecule has 1 unspecified atom stereocenters. The number of aryl methyl sites for hydroxylation is 1. The highest BCUT2D eigenvalue weighted by atomic mass is 16.5. The summed E-state index contributed by atoms with van der Waals surface area (Å²) < 4.78 is 10.4. The third-order valence-corrected chi connectivity index (χ3v) is 2.82. The van der Waals surface area contributed by atoms with Gasteiger partial charge in [0.05, 0.1) is 19.3 Å². The molecule has 0 amide bonds. The van der Waals surface area contributed by atoms with E-state index in [1.807, 2.05) is 6.92 Å². The zero-order valence-corrected chi connectivity index (χ0v) is 12.0. The molecule has 0 saturated carbocycles. The number of methoxy groups -OCH3 is 2. The van der Waals surface area contributed by atoms with Crippen molar-refractivity contribution in [3.05, 3.63) is 11.8 Å². The van der Waals surface area contributed by atoms with E-state index in [4.69, 9.17) is 15.3 Å². The van der Waals surface area contributed by atoms with Gasteiger partial charge in [0.1, 0.15) is 5.82 Å². The molecule has 0 saturated heterocycles. The van der Waals surface area contributed by atoms with Gasteiger partial charge in [0.15, 0.2) is 0 Å². The third-order valence-electron chi connectivity index (χ3n) is 2.82. The molecule has 108 valence electrons. The van der Waals surface area contributed by atoms with E-state index in [1.54, 1.807) is 20.4 Å². The van der Waals surface area contributed by atoms with Crippen molar-refractivity contribution in [1.29, 1.82) is 0 Å². The number of nitrogen functional groups attached to an aromatic ring is 1. The second kappa shape index (κ2) is 7.88. The van der Waals surface area contributed by atoms with Crippen molar-refractivity contribution in [1.82, 2.24) is 9.97 Å². The predicted octanol–water partition coefficient (Wildman–Crippen LogP) is 0.558. The van der Waals surface area contributed by atoms with Gasteiger partial charge in [-0.05, 0) is 13.8 Å². The Kier molecular flexibility index (Phi) is 6.48. The molecule has 0 radical (unpaired) electrons. The lowest BCUT2D eigenvalue weighted by atomic mass is 10.2. The van der Waals surface area contributed by atoms with Gasteiger partial charge >= 0.3 is 0 Å². The van der Waals surface area contributed by atoms with Crippen LogP contribution in [0.2, 0.25) is 0 Å². The fraction of sp³-hybridized carbons (Fsp3) is 0.667. The van der Waals surface area contributed by atoms with Crippen LogP contribution >= 0.6 is 0 Å². The van der Waals surface area contributed by atoms with Gasteiger partial charge in [-0.1, -0.05) is 0 Å². The molecule has 1 aromatic heterocycles. The van der Waals surface area contributed by atoms with Crippen LogP contribution in [-0.2, 0) is 9.47 Å². The first-order chi connectivity index (χ1) is 9.13. The molecule has 1 aromatic rings. The van der Waals surface area contributed by atoms with Crippen LogP contribution in [0.15, 0.2) is 6.20 Å². The molecule has 7 nitrogen and oxygen atoms in total. The van der Waals surface area contributed by atoms with E-state index in [1.165, 1.54) is 0 Å². The quantitative estimate of drug-likeness (QED) is 0.526. The van der Waals surface area contributed by atoms with Crippen molar-refractivity contribution in [2.75, 3.05) is 44.3 Å². The molecular weight excluding hydrogens is 246 g/mol. The maximum atomic E-state index is 5.36. The largest absolute Gasteiger partial charge is 0.383 e. The van der Waals surface area contributed by atoms with Crippen molar-refractivity contribution in [3.63, 3.8) is 0 Å². The lowest BCUT2D eigenvalue weighted by molar-refractivity contribution is 0.170. The number of rotatable bonds is 8. The maximum absolute atomic E-state index is 5.36. The van der Waals surface area contributed by atoms with Gasteiger partial charge in [0.2, 0.25) is 5.95 Å². The molecule has 1 atom stereocenters. The van der Waals surface area contributed by atoms with E-state index in [-0.39, 0.29) is 6.04 Å². The molecule has 1 heterocycles. The van der Waals surface area contributed by atoms with Crippen LogP contribution < -0.4 is 16.2 Å². The molecule has 0 aliphatic rings. The summed E-state index contributed by atoms with van der Waals surface area (Å²) in [7, 11) is 3.36. The average molecular weight is 269 g/mol. The first-order valence-corrected chi connectivity index (χ1v) is 6.18. The summed E-state index contributed by atoms with van der Waals surface area (Å²) in [6.45, 7) is 6.00. The molecule has 1 rings (SSSR count). The standard InChI is InChI=1S/C12H23N5O2/c1-9-7-14-12(16-13)15-11(9)17(5-6-18-3)10(2)8-19-4/h7,10H,5-6,8,13H2,1-4H3,(H,14,15,16). The van der Waals surface area contributed by atoms with Crippen molar-refractivity contribution in [2.45, 2.75) is 19.9 Å². The Labute approximate surface area is 114 Å². The van der Waals surface area contributed by atoms with E-state index in [2.05, 4.69) is 27.2 Å². The van der Waals surface area contributed by atoms with Crippen molar-refractivity contribution in [3.8, 4) is 0 Å². The zero-order chi connectivity index (χ0) is 14.3. The van der Waals surface area contributed by atoms with E-state index in [9.17, 15) is 0 Å². The summed E-state index contributed by atoms with van der Waals surface area (Å²) in [5.74, 6) is 6.59. The van der Waals surface area contributed by atoms with Crippen LogP contribution in [0.5, 0.6) is 0 Å². The third kappa shape index (κ3) is 4.30. The topological polar surface area (TPSA) is 85.5 Å². The number of aromatic nitrogens is 2. The molecular formula is C12H23N5O2. The van der Waals surface area contributed by atoms with Gasteiger partial charge in [0.25, 0.3) is 0 Å². The summed E-state index contributed by atoms with van der Waals surface area (Å²) >= 11 is 0. The number of anilines is 2. The minimum atomic E-state index is 0.180. The molecule has 0 spiro atoms. The highest BCUT2D eigenvalue weighted by molar-refractivity contribution is 5.49. The molecule has 3 N–H and O–H groups in total. The maximum Gasteiger partial charge on any atom is 0.239 e. The fourth-order valence-corrected chi connectivity index (χ4v) is 1.85. The van der Waals surface area contributed by atoms with Gasteiger partial charge in [0, 0.05) is 32.5 Å². The van der Waals surface area contributed by atoms with E-state index < -0.39 is 0 Å². The Hall–Kier alpha value is -1.44. The Morgan fingerprint density at radius 3 is 2.74 bits per heavy atom. The van der Waals surface area contributed by atoms with Crippen LogP contribution in [0.4, 0.5) is 11.8 Å². The number of nitrogens with one attached hydrogen (secondary N) is 1. The fourth-order valence-electron chi connectivity index (χ4n) is 1.85. The minimum Gasteiger partial charge on any atom is -0.383 e. The second-order valence-corrected chi connectivity index (χ2v) is 4.34. The summed E-state index contributed by atoms with van der Waals surface area (Å²) in [6, 6.07) is 0.180. The van der Waals surface area contributed by atoms with Crippen LogP contribution in [0, 0.1) is 6.92 Å². The zero-order valence-electron chi connectivity index (χ0n) is 12.0. The Bertz CT molecular complexity index is 388. The Morgan fingerprint density at radius 1 is 1.42 bits per heavy atom. The number of hydrogen-bond donors (Lipinski definition) is 2. The lowest BCUT2D eigenvalue weighted by Crippen LogP contribution is -2.40. The SMILES string of the molecule is COCCN(c1nc(NN)ncc1C)C(C)COC. The number of hydrazine groups is 1. The van der Waals surface area contributed by atoms with Gasteiger partial charge < -0.3 is 14.4 Å². The van der Waals surface area contributed by atoms with Gasteiger partial charge in [-0.3, -0.25) is 5.43 Å². The lowest BCUT2D eigenvalue weighted by Gasteiger charge is -2.30.